The number of ether oxygens (including phenoxy) is 1. The van der Waals surface area contributed by atoms with E-state index in [2.05, 4.69) is 15.0 Å². The first-order valence-corrected chi connectivity index (χ1v) is 11.3. The van der Waals surface area contributed by atoms with Crippen molar-refractivity contribution in [1.82, 2.24) is 24.9 Å². The molecule has 0 aromatic carbocycles. The van der Waals surface area contributed by atoms with Gasteiger partial charge in [0.15, 0.2) is 5.65 Å². The third kappa shape index (κ3) is 4.30. The predicted molar refractivity (Wildman–Crippen MR) is 116 cm³/mol. The van der Waals surface area contributed by atoms with Crippen molar-refractivity contribution < 1.29 is 17.9 Å². The van der Waals surface area contributed by atoms with E-state index >= 15 is 0 Å². The molecule has 0 bridgehead atoms. The maximum Gasteiger partial charge on any atom is 0.391 e. The maximum absolute atomic E-state index is 13.1. The van der Waals surface area contributed by atoms with Gasteiger partial charge in [0.1, 0.15) is 11.3 Å². The Morgan fingerprint density at radius 2 is 1.70 bits per heavy atom. The molecule has 1 aliphatic carbocycles. The molecule has 33 heavy (non-hydrogen) atoms. The Kier molecular flexibility index (Phi) is 5.55. The summed E-state index contributed by atoms with van der Waals surface area (Å²) in [7, 11) is 0. The fourth-order valence-electron chi connectivity index (χ4n) is 4.76. The summed E-state index contributed by atoms with van der Waals surface area (Å²) >= 11 is 0. The van der Waals surface area contributed by atoms with Crippen LogP contribution in [0.15, 0.2) is 18.3 Å². The first-order chi connectivity index (χ1) is 15.7. The molecule has 9 heteroatoms. The zero-order valence-electron chi connectivity index (χ0n) is 18.9. The van der Waals surface area contributed by atoms with Crippen LogP contribution in [-0.2, 0) is 4.74 Å². The molecule has 5 rings (SSSR count). The van der Waals surface area contributed by atoms with Gasteiger partial charge in [0.05, 0.1) is 29.1 Å². The lowest BCUT2D eigenvalue weighted by Crippen LogP contribution is -2.35. The maximum atomic E-state index is 13.1. The molecule has 1 saturated carbocycles. The highest BCUT2D eigenvalue weighted by molar-refractivity contribution is 5.73. The molecule has 2 atom stereocenters. The lowest BCUT2D eigenvalue weighted by Gasteiger charge is -2.36. The second-order valence-electron chi connectivity index (χ2n) is 9.25. The molecule has 1 aliphatic heterocycles. The van der Waals surface area contributed by atoms with Crippen molar-refractivity contribution in [2.24, 2.45) is 5.92 Å². The van der Waals surface area contributed by atoms with Crippen molar-refractivity contribution in [2.45, 2.75) is 70.6 Å². The molecular weight excluding hydrogens is 431 g/mol. The molecule has 174 valence electrons. The van der Waals surface area contributed by atoms with Gasteiger partial charge in [-0.15, -0.1) is 0 Å². The molecule has 0 radical (unpaired) electrons. The van der Waals surface area contributed by atoms with E-state index in [0.717, 1.165) is 29.1 Å². The van der Waals surface area contributed by atoms with Crippen LogP contribution in [-0.4, -0.2) is 37.7 Å². The minimum atomic E-state index is -4.17. The van der Waals surface area contributed by atoms with Crippen LogP contribution in [0.2, 0.25) is 0 Å². The summed E-state index contributed by atoms with van der Waals surface area (Å²) in [5.41, 5.74) is 5.09. The quantitative estimate of drug-likeness (QED) is 0.522. The van der Waals surface area contributed by atoms with E-state index in [1.807, 2.05) is 32.9 Å². The summed E-state index contributed by atoms with van der Waals surface area (Å²) in [5, 5.41) is 0. The molecule has 0 amide bonds. The van der Waals surface area contributed by atoms with E-state index in [9.17, 15) is 13.2 Å². The van der Waals surface area contributed by atoms with E-state index in [1.54, 1.807) is 6.20 Å². The zero-order valence-corrected chi connectivity index (χ0v) is 18.9. The fourth-order valence-corrected chi connectivity index (χ4v) is 4.76. The van der Waals surface area contributed by atoms with Gasteiger partial charge >= 0.3 is 6.18 Å². The van der Waals surface area contributed by atoms with Gasteiger partial charge in [-0.1, -0.05) is 0 Å². The van der Waals surface area contributed by atoms with Gasteiger partial charge in [0.2, 0.25) is 0 Å². The third-order valence-electron chi connectivity index (χ3n) is 6.92. The standard InChI is InChI=1S/C24H26F3N5O/c1-12-8-15(4-6-28-12)19-11-16(5-7-33-19)22-31-20(17-9-18(10-17)24(25,26)27)21-23(32-22)30-14(3)13(2)29-21/h4,6,8,16-19H,5,7,9-11H2,1-3H3/t16-,17-,18+,19+/m1/s1. The zero-order chi connectivity index (χ0) is 23.3. The van der Waals surface area contributed by atoms with Gasteiger partial charge in [-0.05, 0) is 64.2 Å². The minimum Gasteiger partial charge on any atom is -0.373 e. The normalized spacial score (nSPS) is 25.8. The number of aryl methyl sites for hydroxylation is 3. The summed E-state index contributed by atoms with van der Waals surface area (Å²) < 4.78 is 45.5. The largest absolute Gasteiger partial charge is 0.391 e. The second kappa shape index (κ2) is 8.27. The SMILES string of the molecule is Cc1cc([C@@H]2C[C@H](c3nc4nc(C)c(C)nc4c([C@H]4C[C@@H](C(F)(F)F)C4)n3)CCO2)ccn1. The number of alkyl halides is 3. The van der Waals surface area contributed by atoms with Crippen LogP contribution in [0.3, 0.4) is 0 Å². The number of hydrogen-bond acceptors (Lipinski definition) is 6. The summed E-state index contributed by atoms with van der Waals surface area (Å²) in [5.74, 6) is -0.902. The molecule has 3 aromatic heterocycles. The summed E-state index contributed by atoms with van der Waals surface area (Å²) in [6.45, 7) is 6.21. The van der Waals surface area contributed by atoms with Crippen molar-refractivity contribution in [1.29, 1.82) is 0 Å². The molecule has 4 heterocycles. The highest BCUT2D eigenvalue weighted by Crippen LogP contribution is 2.50. The van der Waals surface area contributed by atoms with E-state index in [-0.39, 0.29) is 30.8 Å². The predicted octanol–water partition coefficient (Wildman–Crippen LogP) is 5.43. The first kappa shape index (κ1) is 22.1. The Hall–Kier alpha value is -2.68. The Morgan fingerprint density at radius 3 is 2.42 bits per heavy atom. The first-order valence-electron chi connectivity index (χ1n) is 11.3. The average molecular weight is 458 g/mol. The third-order valence-corrected chi connectivity index (χ3v) is 6.92. The van der Waals surface area contributed by atoms with E-state index in [1.165, 1.54) is 0 Å². The molecule has 1 saturated heterocycles. The number of rotatable bonds is 3. The van der Waals surface area contributed by atoms with Gasteiger partial charge in [-0.3, -0.25) is 4.98 Å². The highest BCUT2D eigenvalue weighted by atomic mass is 19.4. The van der Waals surface area contributed by atoms with Crippen molar-refractivity contribution in [3.8, 4) is 0 Å². The van der Waals surface area contributed by atoms with Crippen LogP contribution >= 0.6 is 0 Å². The summed E-state index contributed by atoms with van der Waals surface area (Å²) in [4.78, 5) is 23.1. The number of halogens is 3. The van der Waals surface area contributed by atoms with Crippen LogP contribution in [0.1, 0.15) is 77.8 Å². The second-order valence-corrected chi connectivity index (χ2v) is 9.25. The Balaban J connectivity index is 1.50. The van der Waals surface area contributed by atoms with Crippen molar-refractivity contribution in [3.63, 3.8) is 0 Å². The molecule has 0 unspecified atom stereocenters. The monoisotopic (exact) mass is 457 g/mol. The number of fused-ring (bicyclic) bond motifs is 1. The van der Waals surface area contributed by atoms with Gasteiger partial charge in [0.25, 0.3) is 0 Å². The van der Waals surface area contributed by atoms with Crippen molar-refractivity contribution in [2.75, 3.05) is 6.61 Å². The molecular formula is C24H26F3N5O. The molecule has 2 fully saturated rings. The lowest BCUT2D eigenvalue weighted by molar-refractivity contribution is -0.197. The summed E-state index contributed by atoms with van der Waals surface area (Å²) in [6, 6.07) is 3.97. The van der Waals surface area contributed by atoms with E-state index in [4.69, 9.17) is 14.7 Å². The minimum absolute atomic E-state index is 0.0299. The Labute approximate surface area is 190 Å². The van der Waals surface area contributed by atoms with Crippen LogP contribution in [0.5, 0.6) is 0 Å². The van der Waals surface area contributed by atoms with E-state index in [0.29, 0.717) is 35.7 Å². The van der Waals surface area contributed by atoms with Crippen molar-refractivity contribution >= 4 is 11.2 Å². The van der Waals surface area contributed by atoms with E-state index < -0.39 is 12.1 Å². The number of pyridine rings is 1. The van der Waals surface area contributed by atoms with Gasteiger partial charge in [-0.25, -0.2) is 19.9 Å². The molecule has 0 N–H and O–H groups in total. The molecule has 2 aliphatic rings. The van der Waals surface area contributed by atoms with Crippen LogP contribution in [0, 0.1) is 26.7 Å². The molecule has 3 aromatic rings. The Morgan fingerprint density at radius 1 is 0.939 bits per heavy atom. The summed E-state index contributed by atoms with van der Waals surface area (Å²) in [6.07, 6.45) is -0.972. The molecule has 6 nitrogen and oxygen atoms in total. The average Bonchev–Trinajstić information content (AvgIpc) is 2.73. The van der Waals surface area contributed by atoms with Gasteiger partial charge in [0, 0.05) is 30.3 Å². The van der Waals surface area contributed by atoms with Gasteiger partial charge < -0.3 is 4.74 Å². The number of hydrogen-bond donors (Lipinski definition) is 0. The lowest BCUT2D eigenvalue weighted by atomic mass is 9.72. The Bertz CT molecular complexity index is 1190. The van der Waals surface area contributed by atoms with Crippen LogP contribution < -0.4 is 0 Å². The van der Waals surface area contributed by atoms with Crippen molar-refractivity contribution in [3.05, 3.63) is 52.5 Å². The molecule has 0 spiro atoms. The fraction of sp³-hybridized carbons (Fsp3) is 0.542. The van der Waals surface area contributed by atoms with Crippen LogP contribution in [0.25, 0.3) is 11.2 Å². The number of aromatic nitrogens is 5. The van der Waals surface area contributed by atoms with Crippen LogP contribution in [0.4, 0.5) is 13.2 Å². The smallest absolute Gasteiger partial charge is 0.373 e. The highest BCUT2D eigenvalue weighted by Gasteiger charge is 2.49. The number of nitrogens with zero attached hydrogens (tertiary/aromatic N) is 5. The van der Waals surface area contributed by atoms with Gasteiger partial charge in [-0.2, -0.15) is 13.2 Å². The topological polar surface area (TPSA) is 73.7 Å².